The van der Waals surface area contributed by atoms with Crippen molar-refractivity contribution in [1.29, 1.82) is 0 Å². The number of esters is 1. The molecule has 0 heterocycles. The van der Waals surface area contributed by atoms with Crippen LogP contribution in [0.4, 0.5) is 0 Å². The van der Waals surface area contributed by atoms with Crippen LogP contribution >= 0.6 is 0 Å². The van der Waals surface area contributed by atoms with E-state index in [9.17, 15) is 8.63 Å². The molecule has 0 aromatic rings. The molecule has 0 saturated heterocycles. The molecule has 0 bridgehead atoms. The van der Waals surface area contributed by atoms with E-state index in [1.165, 1.54) is 7.11 Å². The zero-order chi connectivity index (χ0) is 8.85. The molecule has 0 aliphatic rings. The summed E-state index contributed by atoms with van der Waals surface area (Å²) in [5.74, 6) is 1.38. The number of methoxy groups -OCH3 is 1. The summed E-state index contributed by atoms with van der Waals surface area (Å²) in [6.07, 6.45) is 0.567. The van der Waals surface area contributed by atoms with Gasteiger partial charge < -0.3 is 0 Å². The number of quaternary nitrogens is 1. The Morgan fingerprint density at radius 3 is 2.64 bits per heavy atom. The SMILES string of the molecule is COC(=O)C([NH3+])CC[Se](C)=O. The number of carbonyl (C=O) groups is 1. The zero-order valence-electron chi connectivity index (χ0n) is 6.83. The summed E-state index contributed by atoms with van der Waals surface area (Å²) in [4.78, 5) is 10.8. The normalized spacial score (nSPS) is 15.5. The molecule has 0 radical (unpaired) electrons. The molecule has 3 N–H and O–H groups in total. The molecule has 0 aliphatic heterocycles. The van der Waals surface area contributed by atoms with Crippen molar-refractivity contribution in [3.05, 3.63) is 0 Å². The van der Waals surface area contributed by atoms with Crippen LogP contribution in [-0.2, 0) is 13.4 Å². The molecular formula is C6H14NO3Se+. The number of hydrogen-bond acceptors (Lipinski definition) is 3. The fourth-order valence-electron chi connectivity index (χ4n) is 0.593. The van der Waals surface area contributed by atoms with Gasteiger partial charge in [0.05, 0.1) is 0 Å². The maximum atomic E-state index is 10.8. The number of ether oxygens (including phenoxy) is 1. The monoisotopic (exact) mass is 228 g/mol. The first-order valence-corrected chi connectivity index (χ1v) is 6.91. The summed E-state index contributed by atoms with van der Waals surface area (Å²) in [6, 6.07) is -0.361. The third kappa shape index (κ3) is 5.07. The van der Waals surface area contributed by atoms with Gasteiger partial charge in [-0.25, -0.2) is 0 Å². The van der Waals surface area contributed by atoms with Crippen molar-refractivity contribution in [2.24, 2.45) is 0 Å². The van der Waals surface area contributed by atoms with Crippen molar-refractivity contribution in [3.63, 3.8) is 0 Å². The molecule has 11 heavy (non-hydrogen) atoms. The van der Waals surface area contributed by atoms with Crippen molar-refractivity contribution < 1.29 is 19.1 Å². The van der Waals surface area contributed by atoms with Crippen LogP contribution < -0.4 is 5.73 Å². The molecule has 5 heteroatoms. The van der Waals surface area contributed by atoms with Gasteiger partial charge in [-0.15, -0.1) is 0 Å². The average Bonchev–Trinajstić information content (AvgIpc) is 1.98. The van der Waals surface area contributed by atoms with Crippen LogP contribution in [0, 0.1) is 0 Å². The van der Waals surface area contributed by atoms with Crippen molar-refractivity contribution >= 4 is 19.8 Å². The molecule has 0 fully saturated rings. The zero-order valence-corrected chi connectivity index (χ0v) is 8.54. The van der Waals surface area contributed by atoms with Gasteiger partial charge in [0.1, 0.15) is 0 Å². The van der Waals surface area contributed by atoms with E-state index < -0.39 is 13.8 Å². The molecule has 0 rings (SSSR count). The Hall–Kier alpha value is -0.251. The Morgan fingerprint density at radius 2 is 2.27 bits per heavy atom. The Morgan fingerprint density at radius 1 is 1.73 bits per heavy atom. The van der Waals surface area contributed by atoms with Gasteiger partial charge in [-0.2, -0.15) is 0 Å². The molecule has 0 aliphatic carbocycles. The number of hydrogen-bond donors (Lipinski definition) is 1. The Kier molecular flexibility index (Phi) is 5.28. The van der Waals surface area contributed by atoms with Gasteiger partial charge in [0.15, 0.2) is 0 Å². The fraction of sp³-hybridized carbons (Fsp3) is 0.833. The quantitative estimate of drug-likeness (QED) is 0.505. The van der Waals surface area contributed by atoms with E-state index in [0.717, 1.165) is 0 Å². The van der Waals surface area contributed by atoms with E-state index in [1.807, 2.05) is 0 Å². The predicted octanol–water partition coefficient (Wildman–Crippen LogP) is -0.788. The van der Waals surface area contributed by atoms with Crippen LogP contribution in [0.5, 0.6) is 0 Å². The second kappa shape index (κ2) is 5.41. The van der Waals surface area contributed by atoms with Crippen LogP contribution in [0.15, 0.2) is 0 Å². The molecule has 0 aromatic heterocycles. The summed E-state index contributed by atoms with van der Waals surface area (Å²) >= 11 is -1.66. The molecule has 66 valence electrons. The van der Waals surface area contributed by atoms with Gasteiger partial charge in [0, 0.05) is 0 Å². The molecule has 2 atom stereocenters. The summed E-state index contributed by atoms with van der Waals surface area (Å²) in [5.41, 5.74) is 3.59. The minimum atomic E-state index is -1.66. The summed E-state index contributed by atoms with van der Waals surface area (Å²) in [6.45, 7) is 0. The van der Waals surface area contributed by atoms with Gasteiger partial charge in [0.2, 0.25) is 0 Å². The first kappa shape index (κ1) is 10.7. The van der Waals surface area contributed by atoms with E-state index in [2.05, 4.69) is 10.5 Å². The second-order valence-corrected chi connectivity index (χ2v) is 5.55. The number of carbonyl (C=O) groups excluding carboxylic acids is 1. The molecule has 4 nitrogen and oxygen atoms in total. The maximum absolute atomic E-state index is 10.8. The van der Waals surface area contributed by atoms with Crippen LogP contribution in [0.3, 0.4) is 0 Å². The van der Waals surface area contributed by atoms with Crippen LogP contribution in [0.1, 0.15) is 6.42 Å². The van der Waals surface area contributed by atoms with E-state index >= 15 is 0 Å². The Bertz CT molecular complexity index is 160. The van der Waals surface area contributed by atoms with Crippen LogP contribution in [0.25, 0.3) is 0 Å². The van der Waals surface area contributed by atoms with E-state index in [0.29, 0.717) is 11.7 Å². The summed E-state index contributed by atoms with van der Waals surface area (Å²) < 4.78 is 15.1. The van der Waals surface area contributed by atoms with E-state index in [-0.39, 0.29) is 12.0 Å². The third-order valence-corrected chi connectivity index (χ3v) is 2.99. The molecule has 0 amide bonds. The van der Waals surface area contributed by atoms with Gasteiger partial charge in [-0.1, -0.05) is 0 Å². The summed E-state index contributed by atoms with van der Waals surface area (Å²) in [5, 5.41) is 0.600. The summed E-state index contributed by atoms with van der Waals surface area (Å²) in [7, 11) is 1.33. The van der Waals surface area contributed by atoms with Crippen LogP contribution in [-0.4, -0.2) is 33.0 Å². The molecular weight excluding hydrogens is 213 g/mol. The van der Waals surface area contributed by atoms with E-state index in [4.69, 9.17) is 0 Å². The van der Waals surface area contributed by atoms with Crippen LogP contribution in [0.2, 0.25) is 11.1 Å². The minimum absolute atomic E-state index is 0.322. The first-order chi connectivity index (χ1) is 5.07. The van der Waals surface area contributed by atoms with E-state index in [1.54, 1.807) is 5.82 Å². The van der Waals surface area contributed by atoms with Gasteiger partial charge >= 0.3 is 69.6 Å². The number of rotatable bonds is 4. The molecule has 0 aromatic carbocycles. The Balaban J connectivity index is 3.60. The molecule has 2 unspecified atom stereocenters. The third-order valence-electron chi connectivity index (χ3n) is 1.29. The van der Waals surface area contributed by atoms with Gasteiger partial charge in [-0.3, -0.25) is 0 Å². The van der Waals surface area contributed by atoms with Crippen molar-refractivity contribution in [2.75, 3.05) is 7.11 Å². The van der Waals surface area contributed by atoms with Gasteiger partial charge in [0.25, 0.3) is 0 Å². The molecule has 0 saturated carbocycles. The standard InChI is InChI=1S/C6H13NO3Se/c1-10-6(8)5(7)3-4-11(2)9/h5H,3-4,7H2,1-2H3/p+1. The average molecular weight is 227 g/mol. The van der Waals surface area contributed by atoms with Gasteiger partial charge in [-0.05, 0) is 0 Å². The topological polar surface area (TPSA) is 71.0 Å². The first-order valence-electron chi connectivity index (χ1n) is 3.29. The Labute approximate surface area is 70.2 Å². The predicted molar refractivity (Wildman–Crippen MR) is 40.4 cm³/mol. The van der Waals surface area contributed by atoms with Crippen molar-refractivity contribution in [2.45, 2.75) is 23.6 Å². The van der Waals surface area contributed by atoms with Crippen molar-refractivity contribution in [3.8, 4) is 0 Å². The van der Waals surface area contributed by atoms with Crippen molar-refractivity contribution in [1.82, 2.24) is 0 Å². The molecule has 0 spiro atoms. The fourth-order valence-corrected chi connectivity index (χ4v) is 1.89. The second-order valence-electron chi connectivity index (χ2n) is 2.29.